The number of ketones is 1. The lowest BCUT2D eigenvalue weighted by atomic mass is 10.1. The zero-order valence-electron chi connectivity index (χ0n) is 11.5. The first kappa shape index (κ1) is 16.0. The Hall–Kier alpha value is -1.35. The maximum Gasteiger partial charge on any atom is 0.188 e. The normalized spacial score (nSPS) is 10.6. The van der Waals surface area contributed by atoms with E-state index in [0.29, 0.717) is 22.2 Å². The molecule has 0 aliphatic rings. The van der Waals surface area contributed by atoms with E-state index in [0.717, 1.165) is 12.8 Å². The van der Waals surface area contributed by atoms with E-state index in [4.69, 9.17) is 27.9 Å². The minimum absolute atomic E-state index is 0.0623. The average Bonchev–Trinajstić information content (AvgIpc) is 2.50. The van der Waals surface area contributed by atoms with E-state index in [2.05, 4.69) is 12.1 Å². The zero-order valence-corrected chi connectivity index (χ0v) is 13.0. The van der Waals surface area contributed by atoms with Crippen LogP contribution in [0.4, 0.5) is 0 Å². The smallest absolute Gasteiger partial charge is 0.188 e. The second kappa shape index (κ2) is 8.18. The van der Waals surface area contributed by atoms with Crippen LogP contribution in [0.5, 0.6) is 0 Å². The molecule has 2 rings (SSSR count). The van der Waals surface area contributed by atoms with Gasteiger partial charge in [0.25, 0.3) is 0 Å². The third-order valence-electron chi connectivity index (χ3n) is 3.07. The van der Waals surface area contributed by atoms with Gasteiger partial charge >= 0.3 is 0 Å². The van der Waals surface area contributed by atoms with Crippen LogP contribution in [0.25, 0.3) is 0 Å². The number of halogens is 2. The predicted octanol–water partition coefficient (Wildman–Crippen LogP) is 4.83. The Kier molecular flexibility index (Phi) is 6.24. The number of ether oxygens (including phenoxy) is 1. The standard InChI is InChI=1S/C17H16Cl2O2/c18-15-9-8-14(11-16(15)19)17(20)12-21-10-4-7-13-5-2-1-3-6-13/h1-3,5-6,8-9,11H,4,7,10,12H2. The van der Waals surface area contributed by atoms with Crippen molar-refractivity contribution >= 4 is 29.0 Å². The van der Waals surface area contributed by atoms with Crippen LogP contribution in [-0.4, -0.2) is 19.0 Å². The number of carbonyl (C=O) groups excluding carboxylic acids is 1. The summed E-state index contributed by atoms with van der Waals surface area (Å²) in [5, 5.41) is 0.823. The van der Waals surface area contributed by atoms with Crippen molar-refractivity contribution in [1.29, 1.82) is 0 Å². The van der Waals surface area contributed by atoms with Gasteiger partial charge in [-0.1, -0.05) is 53.5 Å². The van der Waals surface area contributed by atoms with Gasteiger partial charge in [-0.25, -0.2) is 0 Å². The molecule has 0 saturated heterocycles. The van der Waals surface area contributed by atoms with Crippen LogP contribution in [0.15, 0.2) is 48.5 Å². The van der Waals surface area contributed by atoms with Crippen molar-refractivity contribution in [3.05, 3.63) is 69.7 Å². The van der Waals surface area contributed by atoms with Gasteiger partial charge in [0.1, 0.15) is 6.61 Å². The van der Waals surface area contributed by atoms with Crippen molar-refractivity contribution in [2.45, 2.75) is 12.8 Å². The van der Waals surface area contributed by atoms with E-state index in [-0.39, 0.29) is 12.4 Å². The molecule has 0 aliphatic carbocycles. The third kappa shape index (κ3) is 5.16. The molecule has 0 N–H and O–H groups in total. The fourth-order valence-corrected chi connectivity index (χ4v) is 2.24. The lowest BCUT2D eigenvalue weighted by Gasteiger charge is -2.05. The second-order valence-electron chi connectivity index (χ2n) is 4.69. The van der Waals surface area contributed by atoms with E-state index in [1.807, 2.05) is 18.2 Å². The highest BCUT2D eigenvalue weighted by Gasteiger charge is 2.08. The number of Topliss-reactive ketones (excluding diaryl/α,β-unsaturated/α-hetero) is 1. The molecule has 0 radical (unpaired) electrons. The molecule has 2 nitrogen and oxygen atoms in total. The monoisotopic (exact) mass is 322 g/mol. The van der Waals surface area contributed by atoms with Gasteiger partial charge in [0.15, 0.2) is 5.78 Å². The van der Waals surface area contributed by atoms with E-state index in [1.165, 1.54) is 5.56 Å². The third-order valence-corrected chi connectivity index (χ3v) is 3.81. The SMILES string of the molecule is O=C(COCCCc1ccccc1)c1ccc(Cl)c(Cl)c1. The molecule has 0 bridgehead atoms. The summed E-state index contributed by atoms with van der Waals surface area (Å²) in [5.74, 6) is -0.0896. The Morgan fingerprint density at radius 1 is 1.00 bits per heavy atom. The lowest BCUT2D eigenvalue weighted by Crippen LogP contribution is -2.10. The van der Waals surface area contributed by atoms with Gasteiger partial charge in [-0.15, -0.1) is 0 Å². The minimum Gasteiger partial charge on any atom is -0.373 e. The lowest BCUT2D eigenvalue weighted by molar-refractivity contribution is 0.0756. The summed E-state index contributed by atoms with van der Waals surface area (Å²) < 4.78 is 5.42. The van der Waals surface area contributed by atoms with E-state index < -0.39 is 0 Å². The summed E-state index contributed by atoms with van der Waals surface area (Å²) >= 11 is 11.7. The number of hydrogen-bond donors (Lipinski definition) is 0. The van der Waals surface area contributed by atoms with Gasteiger partial charge in [0, 0.05) is 12.2 Å². The Balaban J connectivity index is 1.71. The molecule has 0 heterocycles. The van der Waals surface area contributed by atoms with Gasteiger partial charge in [0.2, 0.25) is 0 Å². The highest BCUT2D eigenvalue weighted by atomic mass is 35.5. The summed E-state index contributed by atoms with van der Waals surface area (Å²) in [6, 6.07) is 15.0. The van der Waals surface area contributed by atoms with Crippen LogP contribution in [0, 0.1) is 0 Å². The van der Waals surface area contributed by atoms with Crippen LogP contribution in [0.1, 0.15) is 22.3 Å². The average molecular weight is 323 g/mol. The maximum absolute atomic E-state index is 11.9. The number of rotatable bonds is 7. The van der Waals surface area contributed by atoms with Crippen molar-refractivity contribution in [3.8, 4) is 0 Å². The molecule has 0 fully saturated rings. The van der Waals surface area contributed by atoms with Gasteiger partial charge in [0.05, 0.1) is 10.0 Å². The molecule has 0 unspecified atom stereocenters. The van der Waals surface area contributed by atoms with Crippen molar-refractivity contribution < 1.29 is 9.53 Å². The number of benzene rings is 2. The largest absolute Gasteiger partial charge is 0.373 e. The van der Waals surface area contributed by atoms with Gasteiger partial charge in [-0.05, 0) is 36.6 Å². The molecule has 0 amide bonds. The van der Waals surface area contributed by atoms with E-state index in [9.17, 15) is 4.79 Å². The molecule has 0 spiro atoms. The van der Waals surface area contributed by atoms with E-state index in [1.54, 1.807) is 18.2 Å². The van der Waals surface area contributed by atoms with Crippen molar-refractivity contribution in [3.63, 3.8) is 0 Å². The van der Waals surface area contributed by atoms with Crippen LogP contribution < -0.4 is 0 Å². The Bertz CT molecular complexity index is 597. The topological polar surface area (TPSA) is 26.3 Å². The molecule has 2 aromatic carbocycles. The molecule has 2 aromatic rings. The van der Waals surface area contributed by atoms with Crippen LogP contribution >= 0.6 is 23.2 Å². The van der Waals surface area contributed by atoms with Crippen molar-refractivity contribution in [2.75, 3.05) is 13.2 Å². The summed E-state index contributed by atoms with van der Waals surface area (Å²) in [4.78, 5) is 11.9. The molecule has 0 atom stereocenters. The molecular formula is C17H16Cl2O2. The second-order valence-corrected chi connectivity index (χ2v) is 5.51. The summed E-state index contributed by atoms with van der Waals surface area (Å²) in [6.45, 7) is 0.620. The van der Waals surface area contributed by atoms with Crippen LogP contribution in [-0.2, 0) is 11.2 Å². The number of hydrogen-bond acceptors (Lipinski definition) is 2. The summed E-state index contributed by atoms with van der Waals surface area (Å²) in [7, 11) is 0. The highest BCUT2D eigenvalue weighted by molar-refractivity contribution is 6.42. The Morgan fingerprint density at radius 2 is 1.76 bits per heavy atom. The van der Waals surface area contributed by atoms with Crippen LogP contribution in [0.2, 0.25) is 10.0 Å². The minimum atomic E-state index is -0.0896. The molecule has 0 saturated carbocycles. The van der Waals surface area contributed by atoms with Gasteiger partial charge in [-0.2, -0.15) is 0 Å². The fraction of sp³-hybridized carbons (Fsp3) is 0.235. The highest BCUT2D eigenvalue weighted by Crippen LogP contribution is 2.22. The molecule has 4 heteroatoms. The fourth-order valence-electron chi connectivity index (χ4n) is 1.94. The maximum atomic E-state index is 11.9. The molecule has 0 aromatic heterocycles. The van der Waals surface area contributed by atoms with Crippen molar-refractivity contribution in [1.82, 2.24) is 0 Å². The summed E-state index contributed by atoms with van der Waals surface area (Å²) in [5.41, 5.74) is 1.80. The van der Waals surface area contributed by atoms with Crippen molar-refractivity contribution in [2.24, 2.45) is 0 Å². The van der Waals surface area contributed by atoms with Gasteiger partial charge in [-0.3, -0.25) is 4.79 Å². The molecule has 110 valence electrons. The molecule has 21 heavy (non-hydrogen) atoms. The van der Waals surface area contributed by atoms with Gasteiger partial charge < -0.3 is 4.74 Å². The number of carbonyl (C=O) groups is 1. The molecule has 0 aliphatic heterocycles. The zero-order chi connectivity index (χ0) is 15.1. The Morgan fingerprint density at radius 3 is 2.48 bits per heavy atom. The first-order valence-corrected chi connectivity index (χ1v) is 7.52. The quantitative estimate of drug-likeness (QED) is 0.539. The number of aryl methyl sites for hydroxylation is 1. The van der Waals surface area contributed by atoms with Crippen LogP contribution in [0.3, 0.4) is 0 Å². The Labute approximate surface area is 134 Å². The van der Waals surface area contributed by atoms with E-state index >= 15 is 0 Å². The first-order chi connectivity index (χ1) is 10.2. The predicted molar refractivity (Wildman–Crippen MR) is 86.4 cm³/mol. The summed E-state index contributed by atoms with van der Waals surface area (Å²) in [6.07, 6.45) is 1.83. The first-order valence-electron chi connectivity index (χ1n) is 6.77. The molecular weight excluding hydrogens is 307 g/mol.